The second-order valence-corrected chi connectivity index (χ2v) is 9.09. The molecule has 0 aromatic heterocycles. The van der Waals surface area contributed by atoms with E-state index in [-0.39, 0.29) is 37.0 Å². The molecule has 0 amide bonds. The summed E-state index contributed by atoms with van der Waals surface area (Å²) in [5, 5.41) is 11.1. The van der Waals surface area contributed by atoms with E-state index in [1.807, 2.05) is 49.4 Å². The van der Waals surface area contributed by atoms with Crippen LogP contribution in [-0.4, -0.2) is 48.3 Å². The Balaban J connectivity index is 0.000000688. The van der Waals surface area contributed by atoms with Crippen LogP contribution in [0, 0.1) is 0 Å². The van der Waals surface area contributed by atoms with Crippen LogP contribution in [0.5, 0.6) is 11.5 Å². The van der Waals surface area contributed by atoms with Gasteiger partial charge in [0, 0.05) is 19.3 Å². The molecule has 5 rings (SSSR count). The molecular formula is C28H37NO6S. The molecule has 1 aliphatic heterocycles. The number of carbonyl (C=O) groups excluding carboxylic acids is 1. The summed E-state index contributed by atoms with van der Waals surface area (Å²) in [6.07, 6.45) is 2.23. The van der Waals surface area contributed by atoms with Gasteiger partial charge in [0.25, 0.3) is 0 Å². The van der Waals surface area contributed by atoms with Crippen molar-refractivity contribution in [2.75, 3.05) is 26.5 Å². The van der Waals surface area contributed by atoms with E-state index in [4.69, 9.17) is 14.6 Å². The maximum atomic E-state index is 13.2. The topological polar surface area (TPSA) is 131 Å². The Kier molecular flexibility index (Phi) is 11.0. The quantitative estimate of drug-likeness (QED) is 0.313. The molecule has 196 valence electrons. The van der Waals surface area contributed by atoms with Crippen molar-refractivity contribution in [3.8, 4) is 22.6 Å². The second-order valence-electron chi connectivity index (χ2n) is 8.57. The van der Waals surface area contributed by atoms with Gasteiger partial charge in [-0.15, -0.1) is 12.6 Å². The Hall–Kier alpha value is -2.88. The van der Waals surface area contributed by atoms with Crippen LogP contribution in [0.3, 0.4) is 0 Å². The Labute approximate surface area is 219 Å². The summed E-state index contributed by atoms with van der Waals surface area (Å²) in [4.78, 5) is 14.1. The molecule has 0 radical (unpaired) electrons. The van der Waals surface area contributed by atoms with Gasteiger partial charge < -0.3 is 30.8 Å². The first-order valence-corrected chi connectivity index (χ1v) is 12.1. The standard InChI is InChI=1S/C24H20O3S.C4H11NO.2H2O.H2/c25-23(24(10-11-24)19-6-9-21-22(14-19)27-15-26-21)13-16-2-1-3-18(12-16)17-4-7-20(28)8-5-17;1-2-5-3-4-6;;;/h1-9,12,14,28H,10-11,13,15H2;5-6H,2-4H2,1H3;2*1H2;1H. The lowest BCUT2D eigenvalue weighted by Crippen LogP contribution is -2.22. The first kappa shape index (κ1) is 29.4. The molecule has 0 saturated heterocycles. The van der Waals surface area contributed by atoms with Gasteiger partial charge >= 0.3 is 0 Å². The minimum atomic E-state index is -0.370. The lowest BCUT2D eigenvalue weighted by atomic mass is 9.87. The molecule has 3 aromatic carbocycles. The number of rotatable bonds is 8. The molecule has 1 aliphatic carbocycles. The van der Waals surface area contributed by atoms with Gasteiger partial charge in [0.15, 0.2) is 11.5 Å². The molecule has 0 spiro atoms. The highest BCUT2D eigenvalue weighted by atomic mass is 32.1. The number of Topliss-reactive ketones (excluding diaryl/α,β-unsaturated/α-hetero) is 1. The molecule has 0 bridgehead atoms. The third-order valence-corrected chi connectivity index (χ3v) is 6.54. The fourth-order valence-electron chi connectivity index (χ4n) is 4.17. The largest absolute Gasteiger partial charge is 0.454 e. The van der Waals surface area contributed by atoms with Gasteiger partial charge in [-0.25, -0.2) is 0 Å². The van der Waals surface area contributed by atoms with Crippen LogP contribution in [0.4, 0.5) is 0 Å². The van der Waals surface area contributed by atoms with Crippen molar-refractivity contribution in [1.82, 2.24) is 5.32 Å². The summed E-state index contributed by atoms with van der Waals surface area (Å²) in [7, 11) is 0. The lowest BCUT2D eigenvalue weighted by molar-refractivity contribution is -0.120. The molecule has 8 heteroatoms. The van der Waals surface area contributed by atoms with Gasteiger partial charge in [-0.2, -0.15) is 0 Å². The predicted molar refractivity (Wildman–Crippen MR) is 146 cm³/mol. The Morgan fingerprint density at radius 3 is 2.36 bits per heavy atom. The number of ether oxygens (including phenoxy) is 2. The molecule has 7 nitrogen and oxygen atoms in total. The third kappa shape index (κ3) is 6.87. The minimum absolute atomic E-state index is 0. The van der Waals surface area contributed by atoms with E-state index in [2.05, 4.69) is 42.2 Å². The van der Waals surface area contributed by atoms with Crippen molar-refractivity contribution in [2.45, 2.75) is 36.5 Å². The summed E-state index contributed by atoms with van der Waals surface area (Å²) in [6, 6.07) is 22.2. The molecule has 0 unspecified atom stereocenters. The van der Waals surface area contributed by atoms with Crippen LogP contribution in [-0.2, 0) is 16.6 Å². The molecule has 2 aliphatic rings. The van der Waals surface area contributed by atoms with Gasteiger partial charge in [-0.3, -0.25) is 4.79 Å². The number of aliphatic hydroxyl groups excluding tert-OH is 1. The molecular weight excluding hydrogens is 478 g/mol. The van der Waals surface area contributed by atoms with Crippen molar-refractivity contribution >= 4 is 18.4 Å². The zero-order valence-electron chi connectivity index (χ0n) is 20.4. The number of benzene rings is 3. The second kappa shape index (κ2) is 13.4. The van der Waals surface area contributed by atoms with E-state index in [1.165, 1.54) is 0 Å². The SMILES string of the molecule is CCNCCO.O.O.O=C(Cc1cccc(-c2ccc(S)cc2)c1)C1(c2ccc3c(c2)OCO3)CC1.[HH]. The molecule has 1 fully saturated rings. The predicted octanol–water partition coefficient (Wildman–Crippen LogP) is 3.40. The number of nitrogens with one attached hydrogen (secondary N) is 1. The van der Waals surface area contributed by atoms with Crippen LogP contribution in [0.1, 0.15) is 32.3 Å². The summed E-state index contributed by atoms with van der Waals surface area (Å²) in [5.74, 6) is 1.77. The van der Waals surface area contributed by atoms with Crippen molar-refractivity contribution in [3.05, 3.63) is 77.9 Å². The molecule has 3 aromatic rings. The van der Waals surface area contributed by atoms with Crippen LogP contribution in [0.25, 0.3) is 11.1 Å². The van der Waals surface area contributed by atoms with Crippen molar-refractivity contribution in [1.29, 1.82) is 0 Å². The number of hydrogen-bond acceptors (Lipinski definition) is 6. The van der Waals surface area contributed by atoms with Crippen LogP contribution >= 0.6 is 12.6 Å². The zero-order chi connectivity index (χ0) is 24.0. The number of thiol groups is 1. The highest BCUT2D eigenvalue weighted by molar-refractivity contribution is 7.80. The summed E-state index contributed by atoms with van der Waals surface area (Å²) in [6.45, 7) is 4.17. The van der Waals surface area contributed by atoms with Crippen LogP contribution < -0.4 is 14.8 Å². The fraction of sp³-hybridized carbons (Fsp3) is 0.321. The molecule has 1 heterocycles. The average Bonchev–Trinajstić information content (AvgIpc) is 3.54. The van der Waals surface area contributed by atoms with Crippen LogP contribution in [0.2, 0.25) is 0 Å². The zero-order valence-corrected chi connectivity index (χ0v) is 21.3. The Morgan fingerprint density at radius 1 is 1.00 bits per heavy atom. The molecule has 6 N–H and O–H groups in total. The van der Waals surface area contributed by atoms with E-state index in [0.717, 1.165) is 64.6 Å². The maximum absolute atomic E-state index is 13.2. The van der Waals surface area contributed by atoms with Gasteiger partial charge in [0.2, 0.25) is 6.79 Å². The monoisotopic (exact) mass is 515 g/mol. The molecule has 1 saturated carbocycles. The number of likely N-dealkylation sites (N-methyl/N-ethyl adjacent to an activating group) is 1. The normalized spacial score (nSPS) is 14.0. The first-order valence-electron chi connectivity index (χ1n) is 11.7. The highest BCUT2D eigenvalue weighted by Gasteiger charge is 2.50. The summed E-state index contributed by atoms with van der Waals surface area (Å²) >= 11 is 4.35. The number of carbonyl (C=O) groups is 1. The van der Waals surface area contributed by atoms with Gasteiger partial charge in [-0.05, 0) is 65.9 Å². The maximum Gasteiger partial charge on any atom is 0.231 e. The van der Waals surface area contributed by atoms with Crippen molar-refractivity contribution in [3.63, 3.8) is 0 Å². The number of fused-ring (bicyclic) bond motifs is 1. The Bertz CT molecular complexity index is 1130. The Morgan fingerprint density at radius 2 is 1.72 bits per heavy atom. The number of hydrogen-bond donors (Lipinski definition) is 3. The van der Waals surface area contributed by atoms with E-state index >= 15 is 0 Å². The van der Waals surface area contributed by atoms with E-state index in [1.54, 1.807) is 0 Å². The first-order chi connectivity index (χ1) is 16.6. The number of ketones is 1. The smallest absolute Gasteiger partial charge is 0.231 e. The molecule has 0 atom stereocenters. The van der Waals surface area contributed by atoms with Crippen LogP contribution in [0.15, 0.2) is 71.6 Å². The average molecular weight is 516 g/mol. The van der Waals surface area contributed by atoms with Crippen molar-refractivity contribution < 1.29 is 31.8 Å². The third-order valence-electron chi connectivity index (χ3n) is 6.24. The van der Waals surface area contributed by atoms with E-state index in [0.29, 0.717) is 6.42 Å². The van der Waals surface area contributed by atoms with Crippen molar-refractivity contribution in [2.24, 2.45) is 0 Å². The number of aliphatic hydroxyl groups is 1. The highest BCUT2D eigenvalue weighted by Crippen LogP contribution is 2.51. The summed E-state index contributed by atoms with van der Waals surface area (Å²) in [5.41, 5.74) is 3.97. The van der Waals surface area contributed by atoms with E-state index in [9.17, 15) is 4.79 Å². The summed E-state index contributed by atoms with van der Waals surface area (Å²) < 4.78 is 10.9. The molecule has 36 heavy (non-hydrogen) atoms. The van der Waals surface area contributed by atoms with E-state index < -0.39 is 0 Å². The lowest BCUT2D eigenvalue weighted by Gasteiger charge is -2.15. The fourth-order valence-corrected chi connectivity index (χ4v) is 4.32. The van der Waals surface area contributed by atoms with Gasteiger partial charge in [0.05, 0.1) is 12.0 Å². The van der Waals surface area contributed by atoms with Gasteiger partial charge in [0.1, 0.15) is 5.78 Å². The minimum Gasteiger partial charge on any atom is -0.454 e. The van der Waals surface area contributed by atoms with Gasteiger partial charge in [-0.1, -0.05) is 49.4 Å².